The minimum atomic E-state index is -4.57. The van der Waals surface area contributed by atoms with E-state index in [1.54, 1.807) is 6.07 Å². The van der Waals surface area contributed by atoms with Crippen molar-refractivity contribution < 1.29 is 17.6 Å². The predicted molar refractivity (Wildman–Crippen MR) is 74.4 cm³/mol. The van der Waals surface area contributed by atoms with Crippen LogP contribution >= 0.6 is 15.9 Å². The highest BCUT2D eigenvalue weighted by Gasteiger charge is 2.31. The third kappa shape index (κ3) is 3.82. The number of pyridine rings is 1. The molecule has 9 heteroatoms. The molecule has 2 aromatic rings. The second kappa shape index (κ2) is 5.86. The first-order chi connectivity index (χ1) is 9.79. The van der Waals surface area contributed by atoms with Gasteiger partial charge in [-0.25, -0.2) is 15.2 Å². The molecule has 0 aliphatic carbocycles. The maximum atomic E-state index is 13.7. The molecule has 0 atom stereocenters. The average Bonchev–Trinajstić information content (AvgIpc) is 2.40. The lowest BCUT2D eigenvalue weighted by Gasteiger charge is -2.13. The third-order valence-electron chi connectivity index (χ3n) is 2.49. The molecule has 0 amide bonds. The molecule has 4 N–H and O–H groups in total. The summed E-state index contributed by atoms with van der Waals surface area (Å²) in [6, 6.07) is 5.61. The van der Waals surface area contributed by atoms with Crippen molar-refractivity contribution in [3.8, 4) is 0 Å². The van der Waals surface area contributed by atoms with Gasteiger partial charge in [0.1, 0.15) is 17.5 Å². The SMILES string of the molecule is NNc1cc(C(F)(F)F)cc(Nc2ccc(Br)cc2F)n1. The standard InChI is InChI=1S/C12H9BrF4N4/c13-7-1-2-9(8(14)5-7)19-10-3-6(12(15,16)17)4-11(20-10)21-18/h1-5H,18H2,(H2,19,20,21). The van der Waals surface area contributed by atoms with Crippen molar-refractivity contribution in [2.75, 3.05) is 10.7 Å². The number of aromatic nitrogens is 1. The van der Waals surface area contributed by atoms with Crippen molar-refractivity contribution in [1.82, 2.24) is 4.98 Å². The Kier molecular flexibility index (Phi) is 4.33. The molecule has 112 valence electrons. The van der Waals surface area contributed by atoms with Crippen LogP contribution in [-0.4, -0.2) is 4.98 Å². The van der Waals surface area contributed by atoms with E-state index in [0.29, 0.717) is 4.47 Å². The van der Waals surface area contributed by atoms with Crippen LogP contribution in [0.2, 0.25) is 0 Å². The second-order valence-electron chi connectivity index (χ2n) is 4.02. The van der Waals surface area contributed by atoms with E-state index < -0.39 is 17.6 Å². The van der Waals surface area contributed by atoms with Crippen molar-refractivity contribution in [1.29, 1.82) is 0 Å². The molecule has 2 rings (SSSR count). The van der Waals surface area contributed by atoms with Crippen LogP contribution in [0.25, 0.3) is 0 Å². The summed E-state index contributed by atoms with van der Waals surface area (Å²) >= 11 is 3.08. The van der Waals surface area contributed by atoms with Crippen molar-refractivity contribution >= 4 is 33.3 Å². The zero-order valence-corrected chi connectivity index (χ0v) is 11.9. The summed E-state index contributed by atoms with van der Waals surface area (Å²) < 4.78 is 52.4. The maximum Gasteiger partial charge on any atom is 0.416 e. The van der Waals surface area contributed by atoms with E-state index in [-0.39, 0.29) is 17.3 Å². The van der Waals surface area contributed by atoms with E-state index in [1.165, 1.54) is 12.1 Å². The molecular weight excluding hydrogens is 356 g/mol. The fourth-order valence-corrected chi connectivity index (χ4v) is 1.89. The topological polar surface area (TPSA) is 63.0 Å². The number of anilines is 3. The van der Waals surface area contributed by atoms with Crippen LogP contribution in [0.15, 0.2) is 34.8 Å². The van der Waals surface area contributed by atoms with Gasteiger partial charge >= 0.3 is 6.18 Å². The van der Waals surface area contributed by atoms with Crippen LogP contribution in [0.3, 0.4) is 0 Å². The smallest absolute Gasteiger partial charge is 0.338 e. The molecular formula is C12H9BrF4N4. The van der Waals surface area contributed by atoms with Gasteiger partial charge in [-0.3, -0.25) is 0 Å². The molecule has 0 saturated carbocycles. The molecule has 1 heterocycles. The molecule has 0 bridgehead atoms. The van der Waals surface area contributed by atoms with Gasteiger partial charge in [-0.2, -0.15) is 13.2 Å². The van der Waals surface area contributed by atoms with Gasteiger partial charge in [0.25, 0.3) is 0 Å². The summed E-state index contributed by atoms with van der Waals surface area (Å²) in [6.07, 6.45) is -4.57. The summed E-state index contributed by atoms with van der Waals surface area (Å²) in [7, 11) is 0. The number of nitrogen functional groups attached to an aromatic ring is 1. The lowest BCUT2D eigenvalue weighted by molar-refractivity contribution is -0.137. The Morgan fingerprint density at radius 2 is 1.76 bits per heavy atom. The highest BCUT2D eigenvalue weighted by atomic mass is 79.9. The molecule has 1 aromatic carbocycles. The minimum Gasteiger partial charge on any atom is -0.338 e. The van der Waals surface area contributed by atoms with Gasteiger partial charge in [-0.15, -0.1) is 0 Å². The van der Waals surface area contributed by atoms with Crippen molar-refractivity contribution in [3.63, 3.8) is 0 Å². The van der Waals surface area contributed by atoms with Crippen molar-refractivity contribution in [2.45, 2.75) is 6.18 Å². The van der Waals surface area contributed by atoms with Crippen LogP contribution < -0.4 is 16.6 Å². The summed E-state index contributed by atoms with van der Waals surface area (Å²) in [5.41, 5.74) is 1.08. The summed E-state index contributed by atoms with van der Waals surface area (Å²) in [4.78, 5) is 3.80. The van der Waals surface area contributed by atoms with Gasteiger partial charge in [0.15, 0.2) is 0 Å². The minimum absolute atomic E-state index is 0.00649. The zero-order valence-electron chi connectivity index (χ0n) is 10.3. The highest BCUT2D eigenvalue weighted by Crippen LogP contribution is 2.33. The zero-order chi connectivity index (χ0) is 15.6. The molecule has 4 nitrogen and oxygen atoms in total. The number of benzene rings is 1. The number of nitrogens with two attached hydrogens (primary N) is 1. The molecule has 0 radical (unpaired) electrons. The number of nitrogens with one attached hydrogen (secondary N) is 2. The van der Waals surface area contributed by atoms with Crippen LogP contribution in [-0.2, 0) is 6.18 Å². The van der Waals surface area contributed by atoms with Crippen molar-refractivity contribution in [2.24, 2.45) is 5.84 Å². The number of hydrogen-bond donors (Lipinski definition) is 3. The largest absolute Gasteiger partial charge is 0.416 e. The molecule has 21 heavy (non-hydrogen) atoms. The van der Waals surface area contributed by atoms with Gasteiger partial charge in [-0.05, 0) is 30.3 Å². The normalized spacial score (nSPS) is 11.3. The lowest BCUT2D eigenvalue weighted by atomic mass is 10.2. The molecule has 0 saturated heterocycles. The van der Waals surface area contributed by atoms with E-state index >= 15 is 0 Å². The number of rotatable bonds is 3. The summed E-state index contributed by atoms with van der Waals surface area (Å²) in [5, 5.41) is 2.48. The summed E-state index contributed by atoms with van der Waals surface area (Å²) in [5.74, 6) is 4.08. The predicted octanol–water partition coefficient (Wildman–Crippen LogP) is 4.03. The molecule has 0 aliphatic heterocycles. The fraction of sp³-hybridized carbons (Fsp3) is 0.0833. The fourth-order valence-electron chi connectivity index (χ4n) is 1.56. The van der Waals surface area contributed by atoms with Gasteiger partial charge in [0, 0.05) is 4.47 Å². The van der Waals surface area contributed by atoms with Crippen molar-refractivity contribution in [3.05, 3.63) is 46.2 Å². The Morgan fingerprint density at radius 1 is 1.10 bits per heavy atom. The first-order valence-electron chi connectivity index (χ1n) is 5.57. The first kappa shape index (κ1) is 15.5. The average molecular weight is 365 g/mol. The Labute approximate surface area is 125 Å². The van der Waals surface area contributed by atoms with Gasteiger partial charge in [0.2, 0.25) is 0 Å². The van der Waals surface area contributed by atoms with Crippen LogP contribution in [0.1, 0.15) is 5.56 Å². The second-order valence-corrected chi connectivity index (χ2v) is 4.93. The monoisotopic (exact) mass is 364 g/mol. The van der Waals surface area contributed by atoms with E-state index in [4.69, 9.17) is 5.84 Å². The Balaban J connectivity index is 2.39. The van der Waals surface area contributed by atoms with E-state index in [2.05, 4.69) is 26.2 Å². The van der Waals surface area contributed by atoms with E-state index in [1.807, 2.05) is 5.43 Å². The Bertz CT molecular complexity index is 660. The third-order valence-corrected chi connectivity index (χ3v) is 2.99. The molecule has 1 aromatic heterocycles. The Morgan fingerprint density at radius 3 is 2.33 bits per heavy atom. The quantitative estimate of drug-likeness (QED) is 0.437. The summed E-state index contributed by atoms with van der Waals surface area (Å²) in [6.45, 7) is 0. The maximum absolute atomic E-state index is 13.7. The number of alkyl halides is 3. The van der Waals surface area contributed by atoms with Crippen LogP contribution in [0.4, 0.5) is 34.9 Å². The highest BCUT2D eigenvalue weighted by molar-refractivity contribution is 9.10. The van der Waals surface area contributed by atoms with Gasteiger partial charge < -0.3 is 10.7 Å². The number of hydrogen-bond acceptors (Lipinski definition) is 4. The van der Waals surface area contributed by atoms with E-state index in [0.717, 1.165) is 12.1 Å². The van der Waals surface area contributed by atoms with Crippen LogP contribution in [0.5, 0.6) is 0 Å². The molecule has 0 unspecified atom stereocenters. The Hall–Kier alpha value is -1.87. The lowest BCUT2D eigenvalue weighted by Crippen LogP contribution is -2.13. The molecule has 0 fully saturated rings. The molecule has 0 aliphatic rings. The van der Waals surface area contributed by atoms with Gasteiger partial charge in [-0.1, -0.05) is 15.9 Å². The number of halogens is 5. The number of nitrogens with zero attached hydrogens (tertiary/aromatic N) is 1. The number of hydrazine groups is 1. The van der Waals surface area contributed by atoms with Crippen LogP contribution in [0, 0.1) is 5.82 Å². The first-order valence-corrected chi connectivity index (χ1v) is 6.37. The van der Waals surface area contributed by atoms with Gasteiger partial charge in [0.05, 0.1) is 11.3 Å². The molecule has 0 spiro atoms. The van der Waals surface area contributed by atoms with E-state index in [9.17, 15) is 17.6 Å².